The van der Waals surface area contributed by atoms with Crippen molar-refractivity contribution in [2.75, 3.05) is 0 Å². The standard InChI is InChI=1S/C37H33Cl/c1-6-31-30(34-32(37(31,4)5)18-13-19-33(34)38)23-28-21-27-20-26(24-14-9-7-10-15-24)22-29(35(27)36(28,2)3)25-16-11-8-12-17-25/h6-20,22-23H,1,21H2,2-5H3/b28-23+. The molecular weight excluding hydrogens is 480 g/mol. The van der Waals surface area contributed by atoms with Gasteiger partial charge in [-0.05, 0) is 68.6 Å². The fourth-order valence-corrected chi connectivity index (χ4v) is 6.94. The molecular formula is C37H33Cl. The van der Waals surface area contributed by atoms with Crippen LogP contribution in [0.4, 0.5) is 0 Å². The second kappa shape index (κ2) is 9.00. The zero-order valence-corrected chi connectivity index (χ0v) is 23.4. The maximum Gasteiger partial charge on any atom is 0.0487 e. The number of benzene rings is 4. The van der Waals surface area contributed by atoms with Gasteiger partial charge >= 0.3 is 0 Å². The molecule has 0 unspecified atom stereocenters. The molecule has 0 aromatic heterocycles. The summed E-state index contributed by atoms with van der Waals surface area (Å²) >= 11 is 6.86. The lowest BCUT2D eigenvalue weighted by Crippen LogP contribution is -2.17. The molecule has 0 N–H and O–H groups in total. The molecule has 38 heavy (non-hydrogen) atoms. The van der Waals surface area contributed by atoms with E-state index in [1.807, 2.05) is 12.1 Å². The highest BCUT2D eigenvalue weighted by molar-refractivity contribution is 6.33. The van der Waals surface area contributed by atoms with E-state index in [2.05, 4.69) is 125 Å². The molecule has 0 heterocycles. The van der Waals surface area contributed by atoms with E-state index in [1.54, 1.807) is 0 Å². The molecule has 0 nitrogen and oxygen atoms in total. The van der Waals surface area contributed by atoms with Gasteiger partial charge in [0.2, 0.25) is 0 Å². The van der Waals surface area contributed by atoms with E-state index in [-0.39, 0.29) is 10.8 Å². The van der Waals surface area contributed by atoms with Crippen LogP contribution in [0, 0.1) is 0 Å². The van der Waals surface area contributed by atoms with Gasteiger partial charge in [-0.3, -0.25) is 0 Å². The Morgan fingerprint density at radius 3 is 2.05 bits per heavy atom. The first-order chi connectivity index (χ1) is 18.2. The highest BCUT2D eigenvalue weighted by Gasteiger charge is 2.40. The van der Waals surface area contributed by atoms with E-state index in [9.17, 15) is 0 Å². The molecule has 0 saturated carbocycles. The van der Waals surface area contributed by atoms with Gasteiger partial charge in [-0.15, -0.1) is 0 Å². The van der Waals surface area contributed by atoms with Crippen molar-refractivity contribution in [2.24, 2.45) is 0 Å². The third-order valence-corrected chi connectivity index (χ3v) is 8.98. The number of hydrogen-bond acceptors (Lipinski definition) is 0. The molecule has 1 heteroatoms. The van der Waals surface area contributed by atoms with Gasteiger partial charge in [0.05, 0.1) is 0 Å². The first kappa shape index (κ1) is 24.7. The van der Waals surface area contributed by atoms with Crippen LogP contribution in [-0.2, 0) is 17.3 Å². The topological polar surface area (TPSA) is 0 Å². The number of halogens is 1. The van der Waals surface area contributed by atoms with Crippen LogP contribution >= 0.6 is 11.6 Å². The Labute approximate surface area is 232 Å². The average Bonchev–Trinajstić information content (AvgIpc) is 3.30. The number of rotatable bonds is 4. The molecule has 0 radical (unpaired) electrons. The minimum atomic E-state index is -0.139. The predicted octanol–water partition coefficient (Wildman–Crippen LogP) is 10.4. The maximum atomic E-state index is 6.86. The van der Waals surface area contributed by atoms with E-state index in [4.69, 9.17) is 11.6 Å². The van der Waals surface area contributed by atoms with Crippen molar-refractivity contribution in [2.45, 2.75) is 44.9 Å². The Hall–Kier alpha value is -3.61. The Bertz CT molecular complexity index is 1630. The minimum Gasteiger partial charge on any atom is -0.0987 e. The minimum absolute atomic E-state index is 0.136. The van der Waals surface area contributed by atoms with Crippen molar-refractivity contribution < 1.29 is 0 Å². The summed E-state index contributed by atoms with van der Waals surface area (Å²) in [7, 11) is 0. The molecule has 0 amide bonds. The summed E-state index contributed by atoms with van der Waals surface area (Å²) in [5.41, 5.74) is 13.9. The maximum absolute atomic E-state index is 6.86. The quantitative estimate of drug-likeness (QED) is 0.255. The van der Waals surface area contributed by atoms with Gasteiger partial charge in [-0.25, -0.2) is 0 Å². The SMILES string of the molecule is C=CC1=C(/C=C2\Cc3cc(-c4ccccc4)cc(-c4ccccc4)c3C2(C)C)c2c(Cl)cccc2C1(C)C. The molecule has 4 aromatic carbocycles. The third kappa shape index (κ3) is 3.74. The summed E-state index contributed by atoms with van der Waals surface area (Å²) in [6.07, 6.45) is 5.37. The zero-order chi connectivity index (χ0) is 26.7. The summed E-state index contributed by atoms with van der Waals surface area (Å²) in [5.74, 6) is 0. The molecule has 0 atom stereocenters. The lowest BCUT2D eigenvalue weighted by atomic mass is 9.77. The normalized spacial score (nSPS) is 18.0. The lowest BCUT2D eigenvalue weighted by Gasteiger charge is -2.26. The van der Waals surface area contributed by atoms with Crippen LogP contribution in [0.5, 0.6) is 0 Å². The van der Waals surface area contributed by atoms with Gasteiger partial charge in [0.1, 0.15) is 0 Å². The van der Waals surface area contributed by atoms with Crippen molar-refractivity contribution in [3.8, 4) is 22.3 Å². The zero-order valence-electron chi connectivity index (χ0n) is 22.6. The van der Waals surface area contributed by atoms with Crippen LogP contribution in [0.15, 0.2) is 121 Å². The van der Waals surface area contributed by atoms with Gasteiger partial charge in [-0.2, -0.15) is 0 Å². The smallest absolute Gasteiger partial charge is 0.0487 e. The highest BCUT2D eigenvalue weighted by Crippen LogP contribution is 2.53. The Morgan fingerprint density at radius 2 is 1.39 bits per heavy atom. The molecule has 2 aliphatic rings. The van der Waals surface area contributed by atoms with E-state index in [1.165, 1.54) is 55.7 Å². The van der Waals surface area contributed by atoms with Gasteiger partial charge < -0.3 is 0 Å². The number of allylic oxidation sites excluding steroid dienone is 5. The van der Waals surface area contributed by atoms with E-state index < -0.39 is 0 Å². The summed E-state index contributed by atoms with van der Waals surface area (Å²) in [6.45, 7) is 13.5. The Kier molecular flexibility index (Phi) is 5.85. The second-order valence-electron chi connectivity index (χ2n) is 11.6. The molecule has 4 aromatic rings. The molecule has 2 aliphatic carbocycles. The van der Waals surface area contributed by atoms with Crippen molar-refractivity contribution >= 4 is 17.2 Å². The monoisotopic (exact) mass is 512 g/mol. The van der Waals surface area contributed by atoms with Crippen LogP contribution in [0.1, 0.15) is 49.9 Å². The van der Waals surface area contributed by atoms with Gasteiger partial charge in [0.25, 0.3) is 0 Å². The summed E-state index contributed by atoms with van der Waals surface area (Å²) < 4.78 is 0. The summed E-state index contributed by atoms with van der Waals surface area (Å²) in [6, 6.07) is 32.6. The van der Waals surface area contributed by atoms with Crippen molar-refractivity contribution in [1.29, 1.82) is 0 Å². The first-order valence-electron chi connectivity index (χ1n) is 13.4. The molecule has 188 valence electrons. The van der Waals surface area contributed by atoms with Crippen LogP contribution in [0.25, 0.3) is 27.8 Å². The molecule has 0 bridgehead atoms. The lowest BCUT2D eigenvalue weighted by molar-refractivity contribution is 0.645. The molecule has 0 saturated heterocycles. The van der Waals surface area contributed by atoms with Crippen LogP contribution in [0.2, 0.25) is 5.02 Å². The van der Waals surface area contributed by atoms with Gasteiger partial charge in [0.15, 0.2) is 0 Å². The fourth-order valence-electron chi connectivity index (χ4n) is 6.66. The Balaban J connectivity index is 1.58. The van der Waals surface area contributed by atoms with Crippen molar-refractivity contribution in [3.05, 3.63) is 148 Å². The van der Waals surface area contributed by atoms with E-state index in [0.29, 0.717) is 0 Å². The predicted molar refractivity (Wildman–Crippen MR) is 164 cm³/mol. The molecule has 6 rings (SSSR count). The second-order valence-corrected chi connectivity index (χ2v) is 12.0. The number of fused-ring (bicyclic) bond motifs is 2. The largest absolute Gasteiger partial charge is 0.0987 e. The van der Waals surface area contributed by atoms with Crippen molar-refractivity contribution in [3.63, 3.8) is 0 Å². The number of hydrogen-bond donors (Lipinski definition) is 0. The average molecular weight is 513 g/mol. The first-order valence-corrected chi connectivity index (χ1v) is 13.8. The summed E-state index contributed by atoms with van der Waals surface area (Å²) in [5, 5.41) is 0.809. The van der Waals surface area contributed by atoms with Gasteiger partial charge in [-0.1, -0.05) is 142 Å². The van der Waals surface area contributed by atoms with Crippen LogP contribution in [0.3, 0.4) is 0 Å². The highest BCUT2D eigenvalue weighted by atomic mass is 35.5. The third-order valence-electron chi connectivity index (χ3n) is 8.66. The van der Waals surface area contributed by atoms with Crippen molar-refractivity contribution in [1.82, 2.24) is 0 Å². The molecule has 0 aliphatic heterocycles. The molecule has 0 spiro atoms. The van der Waals surface area contributed by atoms with E-state index in [0.717, 1.165) is 17.0 Å². The Morgan fingerprint density at radius 1 is 0.737 bits per heavy atom. The van der Waals surface area contributed by atoms with Gasteiger partial charge in [0, 0.05) is 21.4 Å². The summed E-state index contributed by atoms with van der Waals surface area (Å²) in [4.78, 5) is 0. The fraction of sp³-hybridized carbons (Fsp3) is 0.189. The van der Waals surface area contributed by atoms with E-state index >= 15 is 0 Å². The van der Waals surface area contributed by atoms with Crippen LogP contribution in [-0.4, -0.2) is 0 Å². The van der Waals surface area contributed by atoms with Crippen LogP contribution < -0.4 is 0 Å². The molecule has 0 fully saturated rings.